The minimum Gasteiger partial charge on any atom is -0.478 e. The third kappa shape index (κ3) is 3.33. The average molecular weight is 272 g/mol. The Balaban J connectivity index is 2.13. The highest BCUT2D eigenvalue weighted by atomic mass is 16.4. The number of carboxylic acid groups (broad SMARTS) is 1. The number of benzene rings is 1. The summed E-state index contributed by atoms with van der Waals surface area (Å²) in [4.78, 5) is 15.1. The SMILES string of the molecule is Cc1cc(NCc2ccc(CO)cc2)c(C(=O)O)cn1. The third-order valence-corrected chi connectivity index (χ3v) is 2.96. The Morgan fingerprint density at radius 1 is 1.25 bits per heavy atom. The Labute approximate surface area is 116 Å². The number of nitrogens with one attached hydrogen (secondary N) is 1. The largest absolute Gasteiger partial charge is 0.478 e. The van der Waals surface area contributed by atoms with E-state index in [9.17, 15) is 4.79 Å². The van der Waals surface area contributed by atoms with Crippen LogP contribution in [-0.4, -0.2) is 21.2 Å². The molecule has 0 spiro atoms. The summed E-state index contributed by atoms with van der Waals surface area (Å²) in [6, 6.07) is 9.19. The van der Waals surface area contributed by atoms with E-state index in [1.54, 1.807) is 6.07 Å². The van der Waals surface area contributed by atoms with Crippen molar-refractivity contribution < 1.29 is 15.0 Å². The average Bonchev–Trinajstić information content (AvgIpc) is 2.45. The molecule has 1 aromatic carbocycles. The molecule has 2 aromatic rings. The summed E-state index contributed by atoms with van der Waals surface area (Å²) in [7, 11) is 0. The quantitative estimate of drug-likeness (QED) is 0.777. The number of hydrogen-bond acceptors (Lipinski definition) is 4. The zero-order chi connectivity index (χ0) is 14.5. The molecule has 0 saturated carbocycles. The molecule has 0 amide bonds. The van der Waals surface area contributed by atoms with E-state index in [1.165, 1.54) is 6.20 Å². The van der Waals surface area contributed by atoms with Gasteiger partial charge in [0.05, 0.1) is 12.3 Å². The summed E-state index contributed by atoms with van der Waals surface area (Å²) in [5, 5.41) is 21.2. The summed E-state index contributed by atoms with van der Waals surface area (Å²) in [6.07, 6.45) is 1.36. The number of aromatic nitrogens is 1. The zero-order valence-electron chi connectivity index (χ0n) is 11.1. The van der Waals surface area contributed by atoms with Crippen molar-refractivity contribution in [3.63, 3.8) is 0 Å². The van der Waals surface area contributed by atoms with Gasteiger partial charge in [-0.2, -0.15) is 0 Å². The molecular weight excluding hydrogens is 256 g/mol. The molecule has 5 nitrogen and oxygen atoms in total. The fraction of sp³-hybridized carbons (Fsp3) is 0.200. The molecular formula is C15H16N2O3. The van der Waals surface area contributed by atoms with Crippen molar-refractivity contribution in [3.8, 4) is 0 Å². The fourth-order valence-corrected chi connectivity index (χ4v) is 1.84. The van der Waals surface area contributed by atoms with E-state index in [4.69, 9.17) is 10.2 Å². The van der Waals surface area contributed by atoms with Crippen LogP contribution < -0.4 is 5.32 Å². The van der Waals surface area contributed by atoms with Crippen molar-refractivity contribution in [1.82, 2.24) is 4.98 Å². The number of aliphatic hydroxyl groups is 1. The number of carboxylic acids is 1. The Hall–Kier alpha value is -2.40. The number of aryl methyl sites for hydroxylation is 1. The lowest BCUT2D eigenvalue weighted by Gasteiger charge is -2.10. The molecule has 5 heteroatoms. The predicted molar refractivity (Wildman–Crippen MR) is 75.6 cm³/mol. The zero-order valence-corrected chi connectivity index (χ0v) is 11.1. The molecule has 3 N–H and O–H groups in total. The maximum atomic E-state index is 11.1. The van der Waals surface area contributed by atoms with E-state index in [2.05, 4.69) is 10.3 Å². The van der Waals surface area contributed by atoms with Crippen LogP contribution in [0.25, 0.3) is 0 Å². The van der Waals surface area contributed by atoms with Gasteiger partial charge in [-0.05, 0) is 24.1 Å². The van der Waals surface area contributed by atoms with Gasteiger partial charge in [0.1, 0.15) is 5.56 Å². The van der Waals surface area contributed by atoms with Crippen LogP contribution in [0.5, 0.6) is 0 Å². The lowest BCUT2D eigenvalue weighted by atomic mass is 10.1. The monoisotopic (exact) mass is 272 g/mol. The second kappa shape index (κ2) is 6.16. The summed E-state index contributed by atoms with van der Waals surface area (Å²) in [6.45, 7) is 2.34. The summed E-state index contributed by atoms with van der Waals surface area (Å²) in [5.41, 5.74) is 3.32. The molecule has 0 atom stereocenters. The van der Waals surface area contributed by atoms with Gasteiger partial charge in [-0.1, -0.05) is 24.3 Å². The first-order valence-electron chi connectivity index (χ1n) is 6.22. The lowest BCUT2D eigenvalue weighted by Crippen LogP contribution is -2.07. The van der Waals surface area contributed by atoms with Gasteiger partial charge in [-0.3, -0.25) is 4.98 Å². The van der Waals surface area contributed by atoms with Gasteiger partial charge < -0.3 is 15.5 Å². The molecule has 1 heterocycles. The molecule has 0 saturated heterocycles. The smallest absolute Gasteiger partial charge is 0.339 e. The van der Waals surface area contributed by atoms with Crippen molar-refractivity contribution in [2.75, 3.05) is 5.32 Å². The number of pyridine rings is 1. The molecule has 1 aromatic heterocycles. The highest BCUT2D eigenvalue weighted by molar-refractivity contribution is 5.93. The minimum atomic E-state index is -1.00. The normalized spacial score (nSPS) is 10.3. The molecule has 0 unspecified atom stereocenters. The predicted octanol–water partition coefficient (Wildman–Crippen LogP) is 2.19. The molecule has 2 rings (SSSR count). The maximum Gasteiger partial charge on any atom is 0.339 e. The highest BCUT2D eigenvalue weighted by Gasteiger charge is 2.10. The number of aromatic carboxylic acids is 1. The van der Waals surface area contributed by atoms with Crippen molar-refractivity contribution in [2.45, 2.75) is 20.1 Å². The van der Waals surface area contributed by atoms with Crippen LogP contribution in [0, 0.1) is 6.92 Å². The fourth-order valence-electron chi connectivity index (χ4n) is 1.84. The van der Waals surface area contributed by atoms with E-state index in [-0.39, 0.29) is 12.2 Å². The van der Waals surface area contributed by atoms with Crippen molar-refractivity contribution in [3.05, 3.63) is 58.9 Å². The molecule has 0 aliphatic rings. The second-order valence-electron chi connectivity index (χ2n) is 4.50. The number of nitrogens with zero attached hydrogens (tertiary/aromatic N) is 1. The van der Waals surface area contributed by atoms with Crippen LogP contribution >= 0.6 is 0 Å². The Morgan fingerprint density at radius 2 is 1.90 bits per heavy atom. The summed E-state index contributed by atoms with van der Waals surface area (Å²) < 4.78 is 0. The van der Waals surface area contributed by atoms with Crippen molar-refractivity contribution >= 4 is 11.7 Å². The third-order valence-electron chi connectivity index (χ3n) is 2.96. The van der Waals surface area contributed by atoms with Crippen LogP contribution in [-0.2, 0) is 13.2 Å². The van der Waals surface area contributed by atoms with Crippen LogP contribution in [0.1, 0.15) is 27.2 Å². The van der Waals surface area contributed by atoms with E-state index in [0.29, 0.717) is 12.2 Å². The van der Waals surface area contributed by atoms with Crippen LogP contribution in [0.2, 0.25) is 0 Å². The first-order valence-corrected chi connectivity index (χ1v) is 6.22. The molecule has 0 aliphatic heterocycles. The lowest BCUT2D eigenvalue weighted by molar-refractivity contribution is 0.0697. The van der Waals surface area contributed by atoms with E-state index in [0.717, 1.165) is 16.8 Å². The molecule has 20 heavy (non-hydrogen) atoms. The first kappa shape index (κ1) is 14.0. The van der Waals surface area contributed by atoms with Gasteiger partial charge in [-0.25, -0.2) is 4.79 Å². The standard InChI is InChI=1S/C15H16N2O3/c1-10-6-14(13(8-16-10)15(19)20)17-7-11-2-4-12(9-18)5-3-11/h2-6,8,18H,7,9H2,1H3,(H,16,17)(H,19,20). The van der Waals surface area contributed by atoms with Gasteiger partial charge in [0.25, 0.3) is 0 Å². The van der Waals surface area contributed by atoms with E-state index in [1.807, 2.05) is 31.2 Å². The highest BCUT2D eigenvalue weighted by Crippen LogP contribution is 2.17. The van der Waals surface area contributed by atoms with E-state index >= 15 is 0 Å². The second-order valence-corrected chi connectivity index (χ2v) is 4.50. The summed E-state index contributed by atoms with van der Waals surface area (Å²) >= 11 is 0. The molecule has 0 radical (unpaired) electrons. The molecule has 0 aliphatic carbocycles. The van der Waals surface area contributed by atoms with Gasteiger partial charge in [0, 0.05) is 18.4 Å². The Kier molecular flexibility index (Phi) is 4.32. The number of carbonyl (C=O) groups is 1. The van der Waals surface area contributed by atoms with Gasteiger partial charge in [0.15, 0.2) is 0 Å². The van der Waals surface area contributed by atoms with E-state index < -0.39 is 5.97 Å². The minimum absolute atomic E-state index is 0.0143. The van der Waals surface area contributed by atoms with Crippen LogP contribution in [0.3, 0.4) is 0 Å². The van der Waals surface area contributed by atoms with Gasteiger partial charge >= 0.3 is 5.97 Å². The number of rotatable bonds is 5. The number of aliphatic hydroxyl groups excluding tert-OH is 1. The maximum absolute atomic E-state index is 11.1. The van der Waals surface area contributed by atoms with Crippen LogP contribution in [0.4, 0.5) is 5.69 Å². The molecule has 0 fully saturated rings. The van der Waals surface area contributed by atoms with Crippen molar-refractivity contribution in [1.29, 1.82) is 0 Å². The van der Waals surface area contributed by atoms with Gasteiger partial charge in [-0.15, -0.1) is 0 Å². The Morgan fingerprint density at radius 3 is 2.50 bits per heavy atom. The van der Waals surface area contributed by atoms with Crippen LogP contribution in [0.15, 0.2) is 36.5 Å². The topological polar surface area (TPSA) is 82.5 Å². The number of hydrogen-bond donors (Lipinski definition) is 3. The van der Waals surface area contributed by atoms with Gasteiger partial charge in [0.2, 0.25) is 0 Å². The molecule has 0 bridgehead atoms. The first-order chi connectivity index (χ1) is 9.60. The number of anilines is 1. The van der Waals surface area contributed by atoms with Crippen molar-refractivity contribution in [2.24, 2.45) is 0 Å². The molecule has 104 valence electrons. The Bertz CT molecular complexity index is 609. The summed E-state index contributed by atoms with van der Waals surface area (Å²) in [5.74, 6) is -1.00.